The third-order valence-corrected chi connectivity index (χ3v) is 5.04. The summed E-state index contributed by atoms with van der Waals surface area (Å²) < 4.78 is 0. The molecule has 0 bridgehead atoms. The highest BCUT2D eigenvalue weighted by molar-refractivity contribution is 7.99. The Kier molecular flexibility index (Phi) is 5.40. The van der Waals surface area contributed by atoms with Crippen molar-refractivity contribution in [1.29, 1.82) is 0 Å². The van der Waals surface area contributed by atoms with Gasteiger partial charge in [0.1, 0.15) is 0 Å². The second-order valence-electron chi connectivity index (χ2n) is 7.01. The summed E-state index contributed by atoms with van der Waals surface area (Å²) in [4.78, 5) is 7.10. The molecule has 0 saturated carbocycles. The van der Waals surface area contributed by atoms with Gasteiger partial charge in [0.05, 0.1) is 5.69 Å². The van der Waals surface area contributed by atoms with Crippen molar-refractivity contribution in [2.45, 2.75) is 36.0 Å². The first-order valence-corrected chi connectivity index (χ1v) is 9.30. The molecule has 0 aromatic heterocycles. The lowest BCUT2D eigenvalue weighted by atomic mass is 9.87. The number of nitrogens with zero attached hydrogens (tertiary/aromatic N) is 1. The lowest BCUT2D eigenvalue weighted by Crippen LogP contribution is -2.10. The van der Waals surface area contributed by atoms with Crippen LogP contribution in [0.4, 0.5) is 5.69 Å². The molecular weight excluding hydrogens is 322 g/mol. The summed E-state index contributed by atoms with van der Waals surface area (Å²) >= 11 is 1.74. The third-order valence-electron chi connectivity index (χ3n) is 3.97. The average molecular weight is 346 g/mol. The van der Waals surface area contributed by atoms with E-state index in [-0.39, 0.29) is 5.41 Å². The van der Waals surface area contributed by atoms with Gasteiger partial charge in [0.2, 0.25) is 0 Å². The molecule has 0 atom stereocenters. The van der Waals surface area contributed by atoms with Crippen molar-refractivity contribution in [1.82, 2.24) is 0 Å². The van der Waals surface area contributed by atoms with Gasteiger partial charge in [-0.15, -0.1) is 0 Å². The fraction of sp³-hybridized carbons (Fsp3) is 0.174. The molecule has 3 aromatic carbocycles. The topological polar surface area (TPSA) is 12.4 Å². The molecule has 0 N–H and O–H groups in total. The summed E-state index contributed by atoms with van der Waals surface area (Å²) in [6.45, 7) is 6.69. The van der Waals surface area contributed by atoms with E-state index in [0.29, 0.717) is 0 Å². The van der Waals surface area contributed by atoms with Gasteiger partial charge in [-0.25, -0.2) is 0 Å². The largest absolute Gasteiger partial charge is 0.255 e. The van der Waals surface area contributed by atoms with Crippen LogP contribution in [0.3, 0.4) is 0 Å². The van der Waals surface area contributed by atoms with Crippen LogP contribution in [0.25, 0.3) is 0 Å². The number of para-hydroxylation sites is 1. The Morgan fingerprint density at radius 2 is 1.40 bits per heavy atom. The molecule has 1 nitrogen and oxygen atoms in total. The van der Waals surface area contributed by atoms with E-state index in [1.807, 2.05) is 18.3 Å². The lowest BCUT2D eigenvalue weighted by Gasteiger charge is -2.18. The van der Waals surface area contributed by atoms with Gasteiger partial charge in [0.15, 0.2) is 0 Å². The van der Waals surface area contributed by atoms with Gasteiger partial charge < -0.3 is 0 Å². The average Bonchev–Trinajstić information content (AvgIpc) is 2.61. The Bertz CT molecular complexity index is 843. The molecule has 0 aliphatic rings. The molecule has 0 radical (unpaired) electrons. The molecule has 0 fully saturated rings. The minimum absolute atomic E-state index is 0.175. The van der Waals surface area contributed by atoms with E-state index >= 15 is 0 Å². The first-order valence-electron chi connectivity index (χ1n) is 8.49. The number of benzene rings is 3. The molecule has 25 heavy (non-hydrogen) atoms. The smallest absolute Gasteiger partial charge is 0.0769 e. The number of hydrogen-bond acceptors (Lipinski definition) is 2. The van der Waals surface area contributed by atoms with E-state index in [1.54, 1.807) is 11.8 Å². The lowest BCUT2D eigenvalue weighted by molar-refractivity contribution is 0.590. The SMILES string of the molecule is CC(C)(C)c1ccc(C=Nc2ccccc2Sc2ccccc2)cc1. The van der Waals surface area contributed by atoms with E-state index in [1.165, 1.54) is 10.5 Å². The Balaban J connectivity index is 1.80. The summed E-state index contributed by atoms with van der Waals surface area (Å²) in [6, 6.07) is 27.3. The van der Waals surface area contributed by atoms with Crippen LogP contribution in [0, 0.1) is 0 Å². The highest BCUT2D eigenvalue weighted by Gasteiger charge is 2.12. The third kappa shape index (κ3) is 4.83. The van der Waals surface area contributed by atoms with Crippen LogP contribution in [-0.4, -0.2) is 6.21 Å². The highest BCUT2D eigenvalue weighted by atomic mass is 32.2. The van der Waals surface area contributed by atoms with Crippen LogP contribution in [0.15, 0.2) is 93.6 Å². The Hall–Kier alpha value is -2.32. The van der Waals surface area contributed by atoms with Gasteiger partial charge in [0, 0.05) is 16.0 Å². The number of hydrogen-bond donors (Lipinski definition) is 0. The fourth-order valence-corrected chi connectivity index (χ4v) is 3.40. The van der Waals surface area contributed by atoms with Crippen molar-refractivity contribution in [3.05, 3.63) is 90.0 Å². The van der Waals surface area contributed by atoms with Crippen LogP contribution in [0.1, 0.15) is 31.9 Å². The fourth-order valence-electron chi connectivity index (χ4n) is 2.48. The van der Waals surface area contributed by atoms with Crippen LogP contribution in [0.5, 0.6) is 0 Å². The van der Waals surface area contributed by atoms with Gasteiger partial charge >= 0.3 is 0 Å². The van der Waals surface area contributed by atoms with Crippen molar-refractivity contribution < 1.29 is 0 Å². The molecule has 0 heterocycles. The van der Waals surface area contributed by atoms with E-state index < -0.39 is 0 Å². The van der Waals surface area contributed by atoms with E-state index in [4.69, 9.17) is 4.99 Å². The first-order chi connectivity index (χ1) is 12.0. The maximum absolute atomic E-state index is 4.72. The van der Waals surface area contributed by atoms with Crippen molar-refractivity contribution in [2.24, 2.45) is 4.99 Å². The van der Waals surface area contributed by atoms with Gasteiger partial charge in [-0.05, 0) is 40.8 Å². The maximum Gasteiger partial charge on any atom is 0.0769 e. The van der Waals surface area contributed by atoms with Gasteiger partial charge in [-0.1, -0.05) is 87.1 Å². The normalized spacial score (nSPS) is 11.8. The molecule has 3 aromatic rings. The molecule has 3 rings (SSSR count). The monoisotopic (exact) mass is 345 g/mol. The summed E-state index contributed by atoms with van der Waals surface area (Å²) in [7, 11) is 0. The van der Waals surface area contributed by atoms with E-state index in [2.05, 4.69) is 87.5 Å². The molecule has 0 unspecified atom stereocenters. The maximum atomic E-state index is 4.72. The Labute approximate surface area is 154 Å². The number of aliphatic imine (C=N–C) groups is 1. The van der Waals surface area contributed by atoms with E-state index in [0.717, 1.165) is 16.1 Å². The standard InChI is InChI=1S/C23H23NS/c1-23(2,3)19-15-13-18(14-16-19)17-24-21-11-7-8-12-22(21)25-20-9-5-4-6-10-20/h4-17H,1-3H3. The van der Waals surface area contributed by atoms with Crippen molar-refractivity contribution in [3.8, 4) is 0 Å². The molecule has 126 valence electrons. The summed E-state index contributed by atoms with van der Waals surface area (Å²) in [5.74, 6) is 0. The molecule has 0 spiro atoms. The van der Waals surface area contributed by atoms with Crippen LogP contribution in [0.2, 0.25) is 0 Å². The molecule has 0 amide bonds. The Morgan fingerprint density at radius 1 is 0.760 bits per heavy atom. The summed E-state index contributed by atoms with van der Waals surface area (Å²) in [5.41, 5.74) is 3.63. The molecule has 0 aliphatic carbocycles. The van der Waals surface area contributed by atoms with Gasteiger partial charge in [-0.2, -0.15) is 0 Å². The molecule has 0 aliphatic heterocycles. The van der Waals surface area contributed by atoms with Crippen LogP contribution in [-0.2, 0) is 5.41 Å². The highest BCUT2D eigenvalue weighted by Crippen LogP contribution is 2.34. The van der Waals surface area contributed by atoms with Crippen molar-refractivity contribution >= 4 is 23.7 Å². The molecular formula is C23H23NS. The predicted molar refractivity (Wildman–Crippen MR) is 109 cm³/mol. The summed E-state index contributed by atoms with van der Waals surface area (Å²) in [6.07, 6.45) is 1.94. The summed E-state index contributed by atoms with van der Waals surface area (Å²) in [5, 5.41) is 0. The number of rotatable bonds is 4. The van der Waals surface area contributed by atoms with Crippen LogP contribution < -0.4 is 0 Å². The first kappa shape index (κ1) is 17.5. The second kappa shape index (κ2) is 7.71. The Morgan fingerprint density at radius 3 is 2.08 bits per heavy atom. The zero-order valence-electron chi connectivity index (χ0n) is 14.9. The minimum Gasteiger partial charge on any atom is -0.255 e. The zero-order chi connectivity index (χ0) is 17.7. The minimum atomic E-state index is 0.175. The molecule has 0 saturated heterocycles. The van der Waals surface area contributed by atoms with Crippen molar-refractivity contribution in [2.75, 3.05) is 0 Å². The van der Waals surface area contributed by atoms with Gasteiger partial charge in [-0.3, -0.25) is 4.99 Å². The van der Waals surface area contributed by atoms with Crippen LogP contribution >= 0.6 is 11.8 Å². The van der Waals surface area contributed by atoms with E-state index in [9.17, 15) is 0 Å². The van der Waals surface area contributed by atoms with Gasteiger partial charge in [0.25, 0.3) is 0 Å². The molecule has 2 heteroatoms. The zero-order valence-corrected chi connectivity index (χ0v) is 15.8. The predicted octanol–water partition coefficient (Wildman–Crippen LogP) is 6.89. The second-order valence-corrected chi connectivity index (χ2v) is 8.13. The quantitative estimate of drug-likeness (QED) is 0.469. The van der Waals surface area contributed by atoms with Crippen molar-refractivity contribution in [3.63, 3.8) is 0 Å².